The Morgan fingerprint density at radius 2 is 1.74 bits per heavy atom. The van der Waals surface area contributed by atoms with Crippen LogP contribution >= 0.6 is 34.5 Å². The predicted octanol–water partition coefficient (Wildman–Crippen LogP) is 8.85. The zero-order valence-electron chi connectivity index (χ0n) is 20.0. The first kappa shape index (κ1) is 26.7. The third-order valence-corrected chi connectivity index (χ3v) is 6.69. The minimum atomic E-state index is -1.06. The molecule has 0 aliphatic heterocycles. The number of carbonyl (C=O) groups is 1. The van der Waals surface area contributed by atoms with Crippen LogP contribution in [0.3, 0.4) is 0 Å². The molecule has 0 atom stereocenters. The molecule has 2 N–H and O–H groups in total. The van der Waals surface area contributed by atoms with Crippen molar-refractivity contribution in [3.63, 3.8) is 0 Å². The van der Waals surface area contributed by atoms with Crippen LogP contribution in [0.25, 0.3) is 22.4 Å². The van der Waals surface area contributed by atoms with Crippen LogP contribution in [0.2, 0.25) is 10.0 Å². The molecule has 4 aromatic rings. The van der Waals surface area contributed by atoms with Crippen molar-refractivity contribution in [3.05, 3.63) is 81.3 Å². The lowest BCUT2D eigenvalue weighted by molar-refractivity contribution is 0.0698. The fourth-order valence-corrected chi connectivity index (χ4v) is 5.01. The summed E-state index contributed by atoms with van der Waals surface area (Å²) < 4.78 is 0. The molecular weight excluding hydrogens is 501 g/mol. The van der Waals surface area contributed by atoms with Crippen LogP contribution in [0.5, 0.6) is 0 Å². The summed E-state index contributed by atoms with van der Waals surface area (Å²) in [6.07, 6.45) is 2.41. The van der Waals surface area contributed by atoms with E-state index in [1.807, 2.05) is 50.2 Å². The molecule has 0 aliphatic rings. The van der Waals surface area contributed by atoms with Crippen molar-refractivity contribution in [1.82, 2.24) is 9.97 Å². The van der Waals surface area contributed by atoms with Crippen molar-refractivity contribution < 1.29 is 9.90 Å². The van der Waals surface area contributed by atoms with Gasteiger partial charge in [-0.3, -0.25) is 0 Å². The van der Waals surface area contributed by atoms with Gasteiger partial charge in [0.15, 0.2) is 5.13 Å². The molecule has 0 radical (unpaired) electrons. The predicted molar refractivity (Wildman–Crippen MR) is 147 cm³/mol. The maximum absolute atomic E-state index is 12.2. The molecule has 0 fully saturated rings. The molecule has 0 bridgehead atoms. The average Bonchev–Trinajstić information content (AvgIpc) is 3.23. The van der Waals surface area contributed by atoms with Crippen molar-refractivity contribution in [2.75, 3.05) is 5.32 Å². The Kier molecular flexibility index (Phi) is 9.26. The molecule has 2 aromatic carbocycles. The molecule has 0 saturated heterocycles. The standard InChI is InChI=1S/C25H21Cl2N3O2S.C2H6/c1-14(2)12-20-22(16-8-9-18(26)19(27)13-16)29-25(33-20)30-23-21(24(31)32)17(10-11-28-23)15-6-4-3-5-7-15;1-2/h3-11,13-14H,12H2,1-2H3,(H,31,32)(H,28,29,30);1-2H3. The van der Waals surface area contributed by atoms with Crippen molar-refractivity contribution in [1.29, 1.82) is 0 Å². The number of nitrogens with one attached hydrogen (secondary N) is 1. The number of benzene rings is 2. The summed E-state index contributed by atoms with van der Waals surface area (Å²) in [5.74, 6) is -0.406. The molecule has 0 unspecified atom stereocenters. The SMILES string of the molecule is CC.CC(C)Cc1sc(Nc2nccc(-c3ccccc3)c2C(=O)O)nc1-c1ccc(Cl)c(Cl)c1. The first-order chi connectivity index (χ1) is 16.8. The fraction of sp³-hybridized carbons (Fsp3) is 0.222. The first-order valence-corrected chi connectivity index (χ1v) is 12.9. The highest BCUT2D eigenvalue weighted by Gasteiger charge is 2.21. The molecule has 0 aliphatic carbocycles. The second-order valence-corrected chi connectivity index (χ2v) is 9.79. The summed E-state index contributed by atoms with van der Waals surface area (Å²) in [5, 5.41) is 14.6. The van der Waals surface area contributed by atoms with E-state index in [4.69, 9.17) is 28.2 Å². The van der Waals surface area contributed by atoms with Gasteiger partial charge in [-0.25, -0.2) is 14.8 Å². The summed E-state index contributed by atoms with van der Waals surface area (Å²) in [7, 11) is 0. The number of hydrogen-bond acceptors (Lipinski definition) is 5. The van der Waals surface area contributed by atoms with Crippen molar-refractivity contribution in [2.45, 2.75) is 34.1 Å². The lowest BCUT2D eigenvalue weighted by Gasteiger charge is -2.11. The largest absolute Gasteiger partial charge is 0.478 e. The molecule has 0 saturated carbocycles. The summed E-state index contributed by atoms with van der Waals surface area (Å²) in [6.45, 7) is 8.28. The van der Waals surface area contributed by atoms with E-state index in [0.29, 0.717) is 26.7 Å². The lowest BCUT2D eigenvalue weighted by atomic mass is 10.0. The number of pyridine rings is 1. The van der Waals surface area contributed by atoms with E-state index >= 15 is 0 Å². The number of carboxylic acids is 1. The Hall–Kier alpha value is -2.93. The van der Waals surface area contributed by atoms with Crippen LogP contribution in [0, 0.1) is 5.92 Å². The summed E-state index contributed by atoms with van der Waals surface area (Å²) in [4.78, 5) is 22.4. The van der Waals surface area contributed by atoms with E-state index in [0.717, 1.165) is 28.1 Å². The number of rotatable bonds is 7. The van der Waals surface area contributed by atoms with Gasteiger partial charge < -0.3 is 10.4 Å². The Balaban J connectivity index is 0.00000167. The second kappa shape index (κ2) is 12.2. The van der Waals surface area contributed by atoms with Gasteiger partial charge in [0.1, 0.15) is 11.4 Å². The maximum Gasteiger partial charge on any atom is 0.340 e. The van der Waals surface area contributed by atoms with Gasteiger partial charge in [0, 0.05) is 22.2 Å². The third kappa shape index (κ3) is 6.40. The number of aromatic carboxylic acids is 1. The van der Waals surface area contributed by atoms with E-state index < -0.39 is 5.97 Å². The summed E-state index contributed by atoms with van der Waals surface area (Å²) in [5.41, 5.74) is 3.14. The van der Waals surface area contributed by atoms with Gasteiger partial charge in [-0.2, -0.15) is 0 Å². The lowest BCUT2D eigenvalue weighted by Crippen LogP contribution is -2.07. The molecule has 0 amide bonds. The monoisotopic (exact) mass is 527 g/mol. The summed E-state index contributed by atoms with van der Waals surface area (Å²) in [6, 6.07) is 16.5. The van der Waals surface area contributed by atoms with Gasteiger partial charge in [0.25, 0.3) is 0 Å². The molecule has 5 nitrogen and oxygen atoms in total. The molecule has 0 spiro atoms. The second-order valence-electron chi connectivity index (χ2n) is 7.90. The van der Waals surface area contributed by atoms with Crippen LogP contribution in [0.1, 0.15) is 42.9 Å². The Bertz CT molecular complexity index is 1310. The summed E-state index contributed by atoms with van der Waals surface area (Å²) >= 11 is 13.8. The van der Waals surface area contributed by atoms with Crippen LogP contribution in [-0.4, -0.2) is 21.0 Å². The van der Waals surface area contributed by atoms with E-state index in [-0.39, 0.29) is 11.4 Å². The van der Waals surface area contributed by atoms with E-state index in [2.05, 4.69) is 24.1 Å². The highest BCUT2D eigenvalue weighted by Crippen LogP contribution is 2.37. The Morgan fingerprint density at radius 3 is 2.37 bits per heavy atom. The number of carboxylic acid groups (broad SMARTS) is 1. The van der Waals surface area contributed by atoms with Gasteiger partial charge in [-0.15, -0.1) is 11.3 Å². The molecule has 2 heterocycles. The first-order valence-electron chi connectivity index (χ1n) is 11.3. The number of nitrogens with zero attached hydrogens (tertiary/aromatic N) is 2. The van der Waals surface area contributed by atoms with Gasteiger partial charge in [0.05, 0.1) is 15.7 Å². The van der Waals surface area contributed by atoms with Crippen LogP contribution in [0.4, 0.5) is 10.9 Å². The Labute approximate surface area is 219 Å². The topological polar surface area (TPSA) is 75.1 Å². The quantitative estimate of drug-likeness (QED) is 0.251. The number of thiazole rings is 1. The minimum absolute atomic E-state index is 0.0976. The van der Waals surface area contributed by atoms with Gasteiger partial charge in [-0.1, -0.05) is 87.3 Å². The van der Waals surface area contributed by atoms with Crippen molar-refractivity contribution in [3.8, 4) is 22.4 Å². The normalized spacial score (nSPS) is 10.6. The van der Waals surface area contributed by atoms with Crippen molar-refractivity contribution >= 4 is 51.5 Å². The van der Waals surface area contributed by atoms with Crippen molar-refractivity contribution in [2.24, 2.45) is 5.92 Å². The average molecular weight is 529 g/mol. The van der Waals surface area contributed by atoms with E-state index in [1.54, 1.807) is 24.4 Å². The zero-order valence-corrected chi connectivity index (χ0v) is 22.3. The molecule has 8 heteroatoms. The van der Waals surface area contributed by atoms with Crippen LogP contribution in [-0.2, 0) is 6.42 Å². The zero-order chi connectivity index (χ0) is 25.5. The molecular formula is C27H27Cl2N3O2S. The van der Waals surface area contributed by atoms with E-state index in [1.165, 1.54) is 11.3 Å². The van der Waals surface area contributed by atoms with Gasteiger partial charge in [-0.05, 0) is 36.1 Å². The highest BCUT2D eigenvalue weighted by molar-refractivity contribution is 7.16. The molecule has 2 aromatic heterocycles. The third-order valence-electron chi connectivity index (χ3n) is 4.96. The molecule has 182 valence electrons. The van der Waals surface area contributed by atoms with Crippen LogP contribution < -0.4 is 5.32 Å². The Morgan fingerprint density at radius 1 is 1.03 bits per heavy atom. The number of hydrogen-bond donors (Lipinski definition) is 2. The number of halogens is 2. The smallest absolute Gasteiger partial charge is 0.340 e. The molecule has 35 heavy (non-hydrogen) atoms. The molecule has 4 rings (SSSR count). The van der Waals surface area contributed by atoms with E-state index in [9.17, 15) is 9.90 Å². The minimum Gasteiger partial charge on any atom is -0.478 e. The number of aromatic nitrogens is 2. The maximum atomic E-state index is 12.2. The van der Waals surface area contributed by atoms with Crippen LogP contribution in [0.15, 0.2) is 60.8 Å². The highest BCUT2D eigenvalue weighted by atomic mass is 35.5. The van der Waals surface area contributed by atoms with Gasteiger partial charge in [0.2, 0.25) is 0 Å². The number of anilines is 2. The fourth-order valence-electron chi connectivity index (χ4n) is 3.52. The van der Waals surface area contributed by atoms with Gasteiger partial charge >= 0.3 is 5.97 Å².